The first-order valence-corrected chi connectivity index (χ1v) is 7.78. The number of rotatable bonds is 9. The van der Waals surface area contributed by atoms with Crippen molar-refractivity contribution in [2.24, 2.45) is 5.16 Å². The molecule has 21 heavy (non-hydrogen) atoms. The maximum atomic E-state index is 5.68. The normalized spacial score (nSPS) is 11.4. The molecule has 0 aromatic heterocycles. The van der Waals surface area contributed by atoms with E-state index >= 15 is 0 Å². The van der Waals surface area contributed by atoms with E-state index < -0.39 is 0 Å². The predicted octanol–water partition coefficient (Wildman–Crippen LogP) is 3.96. The summed E-state index contributed by atoms with van der Waals surface area (Å²) in [6.45, 7) is 6.69. The van der Waals surface area contributed by atoms with E-state index in [2.05, 4.69) is 48.1 Å². The lowest BCUT2D eigenvalue weighted by molar-refractivity contribution is 0.0353. The van der Waals surface area contributed by atoms with E-state index in [0.717, 1.165) is 22.6 Å². The summed E-state index contributed by atoms with van der Waals surface area (Å²) in [4.78, 5) is 5.79. The quantitative estimate of drug-likeness (QED) is 0.173. The molecule has 1 aromatic rings. The van der Waals surface area contributed by atoms with Crippen LogP contribution in [-0.2, 0) is 9.57 Å². The standard InChI is InChI=1S/C16H23NO3S/c1-5-6-9-21-15-10-13(2)16(14(3)11-15)20-12-19-8-7-17-18-4/h5-7,10-11H,8-9,12H2,1-4H3/b6-5+,17-7?. The van der Waals surface area contributed by atoms with Gasteiger partial charge < -0.3 is 14.3 Å². The van der Waals surface area contributed by atoms with E-state index in [-0.39, 0.29) is 6.79 Å². The summed E-state index contributed by atoms with van der Waals surface area (Å²) < 4.78 is 11.0. The van der Waals surface area contributed by atoms with Gasteiger partial charge in [0.15, 0.2) is 6.79 Å². The molecule has 0 fully saturated rings. The maximum Gasteiger partial charge on any atom is 0.189 e. The maximum absolute atomic E-state index is 5.68. The van der Waals surface area contributed by atoms with Gasteiger partial charge in [0.05, 0.1) is 12.8 Å². The molecule has 0 atom stereocenters. The van der Waals surface area contributed by atoms with Crippen LogP contribution in [-0.4, -0.2) is 32.5 Å². The Morgan fingerprint density at radius 3 is 2.57 bits per heavy atom. The SMILES string of the molecule is C/C=C/CSc1cc(C)c(OCOCC=NOC)c(C)c1. The number of ether oxygens (including phenoxy) is 2. The van der Waals surface area contributed by atoms with Gasteiger partial charge in [0, 0.05) is 10.6 Å². The van der Waals surface area contributed by atoms with Crippen molar-refractivity contribution in [1.29, 1.82) is 0 Å². The van der Waals surface area contributed by atoms with Crippen LogP contribution < -0.4 is 4.74 Å². The van der Waals surface area contributed by atoms with Crippen molar-refractivity contribution in [3.63, 3.8) is 0 Å². The largest absolute Gasteiger partial charge is 0.467 e. The fraction of sp³-hybridized carbons (Fsp3) is 0.438. The van der Waals surface area contributed by atoms with Gasteiger partial charge in [-0.2, -0.15) is 0 Å². The van der Waals surface area contributed by atoms with Gasteiger partial charge in [-0.15, -0.1) is 11.8 Å². The van der Waals surface area contributed by atoms with E-state index in [9.17, 15) is 0 Å². The van der Waals surface area contributed by atoms with Crippen LogP contribution in [0.3, 0.4) is 0 Å². The third-order valence-electron chi connectivity index (χ3n) is 2.67. The van der Waals surface area contributed by atoms with Crippen LogP contribution in [0.25, 0.3) is 0 Å². The molecule has 0 aliphatic heterocycles. The number of oxime groups is 1. The minimum atomic E-state index is 0.197. The smallest absolute Gasteiger partial charge is 0.189 e. The molecule has 0 aliphatic rings. The van der Waals surface area contributed by atoms with E-state index in [1.54, 1.807) is 6.21 Å². The number of hydrogen-bond acceptors (Lipinski definition) is 5. The second kappa shape index (κ2) is 10.3. The molecule has 0 heterocycles. The molecule has 0 N–H and O–H groups in total. The van der Waals surface area contributed by atoms with Gasteiger partial charge in [-0.05, 0) is 44.0 Å². The highest BCUT2D eigenvalue weighted by molar-refractivity contribution is 7.99. The van der Waals surface area contributed by atoms with Crippen molar-refractivity contribution in [2.75, 3.05) is 26.3 Å². The zero-order valence-electron chi connectivity index (χ0n) is 13.1. The van der Waals surface area contributed by atoms with E-state index in [4.69, 9.17) is 9.47 Å². The highest BCUT2D eigenvalue weighted by atomic mass is 32.2. The van der Waals surface area contributed by atoms with E-state index in [1.165, 1.54) is 12.0 Å². The second-order valence-electron chi connectivity index (χ2n) is 4.37. The molecule has 0 bridgehead atoms. The Labute approximate surface area is 131 Å². The van der Waals surface area contributed by atoms with Crippen LogP contribution in [0, 0.1) is 13.8 Å². The molecule has 0 radical (unpaired) electrons. The third kappa shape index (κ3) is 6.69. The number of nitrogens with zero attached hydrogens (tertiary/aromatic N) is 1. The lowest BCUT2D eigenvalue weighted by Crippen LogP contribution is -2.06. The van der Waals surface area contributed by atoms with Crippen molar-refractivity contribution >= 4 is 18.0 Å². The topological polar surface area (TPSA) is 40.0 Å². The molecular formula is C16H23NO3S. The highest BCUT2D eigenvalue weighted by Crippen LogP contribution is 2.29. The molecule has 1 rings (SSSR count). The van der Waals surface area contributed by atoms with Crippen molar-refractivity contribution in [3.05, 3.63) is 35.4 Å². The Bertz CT molecular complexity index is 463. The first-order chi connectivity index (χ1) is 10.2. The average molecular weight is 309 g/mol. The molecule has 0 unspecified atom stereocenters. The van der Waals surface area contributed by atoms with Crippen molar-refractivity contribution in [1.82, 2.24) is 0 Å². The number of allylic oxidation sites excluding steroid dienone is 1. The first-order valence-electron chi connectivity index (χ1n) is 6.79. The number of thioether (sulfide) groups is 1. The molecule has 0 saturated heterocycles. The lowest BCUT2D eigenvalue weighted by Gasteiger charge is -2.13. The summed E-state index contributed by atoms with van der Waals surface area (Å²) in [5, 5.41) is 3.58. The molecule has 116 valence electrons. The van der Waals surface area contributed by atoms with Gasteiger partial charge in [0.2, 0.25) is 0 Å². The molecular weight excluding hydrogens is 286 g/mol. The molecule has 0 saturated carbocycles. The molecule has 0 amide bonds. The molecule has 5 heteroatoms. The zero-order valence-corrected chi connectivity index (χ0v) is 13.9. The predicted molar refractivity (Wildman–Crippen MR) is 88.4 cm³/mol. The molecule has 0 aliphatic carbocycles. The minimum Gasteiger partial charge on any atom is -0.467 e. The Morgan fingerprint density at radius 1 is 1.24 bits per heavy atom. The van der Waals surface area contributed by atoms with Crippen LogP contribution in [0.15, 0.2) is 34.3 Å². The molecule has 4 nitrogen and oxygen atoms in total. The van der Waals surface area contributed by atoms with Crippen molar-refractivity contribution < 1.29 is 14.3 Å². The van der Waals surface area contributed by atoms with Gasteiger partial charge in [0.1, 0.15) is 12.9 Å². The van der Waals surface area contributed by atoms with Gasteiger partial charge in [0.25, 0.3) is 0 Å². The third-order valence-corrected chi connectivity index (χ3v) is 3.60. The van der Waals surface area contributed by atoms with Crippen LogP contribution in [0.1, 0.15) is 18.1 Å². The van der Waals surface area contributed by atoms with Gasteiger partial charge in [-0.1, -0.05) is 17.3 Å². The number of hydrogen-bond donors (Lipinski definition) is 0. The van der Waals surface area contributed by atoms with Crippen LogP contribution in [0.5, 0.6) is 5.75 Å². The second-order valence-corrected chi connectivity index (χ2v) is 5.46. The Hall–Kier alpha value is -1.46. The lowest BCUT2D eigenvalue weighted by atomic mass is 10.1. The van der Waals surface area contributed by atoms with Crippen LogP contribution >= 0.6 is 11.8 Å². The summed E-state index contributed by atoms with van der Waals surface area (Å²) in [6, 6.07) is 4.28. The minimum absolute atomic E-state index is 0.197. The Morgan fingerprint density at radius 2 is 1.95 bits per heavy atom. The fourth-order valence-corrected chi connectivity index (χ4v) is 2.77. The number of benzene rings is 1. The van der Waals surface area contributed by atoms with Gasteiger partial charge >= 0.3 is 0 Å². The molecule has 0 spiro atoms. The van der Waals surface area contributed by atoms with E-state index in [1.807, 2.05) is 18.7 Å². The zero-order chi connectivity index (χ0) is 15.5. The van der Waals surface area contributed by atoms with Crippen LogP contribution in [0.2, 0.25) is 0 Å². The van der Waals surface area contributed by atoms with Crippen molar-refractivity contribution in [2.45, 2.75) is 25.7 Å². The van der Waals surface area contributed by atoms with Crippen molar-refractivity contribution in [3.8, 4) is 5.75 Å². The Balaban J connectivity index is 2.53. The summed E-state index contributed by atoms with van der Waals surface area (Å²) in [5.74, 6) is 1.87. The first kappa shape index (κ1) is 17.6. The van der Waals surface area contributed by atoms with Gasteiger partial charge in [-0.25, -0.2) is 0 Å². The average Bonchev–Trinajstić information content (AvgIpc) is 2.45. The highest BCUT2D eigenvalue weighted by Gasteiger charge is 2.06. The van der Waals surface area contributed by atoms with Gasteiger partial charge in [-0.3, -0.25) is 0 Å². The number of aryl methyl sites for hydroxylation is 2. The Kier molecular flexibility index (Phi) is 8.62. The molecule has 1 aromatic carbocycles. The monoisotopic (exact) mass is 309 g/mol. The summed E-state index contributed by atoms with van der Waals surface area (Å²) in [6.07, 6.45) is 5.76. The fourth-order valence-electron chi connectivity index (χ4n) is 1.77. The van der Waals surface area contributed by atoms with Crippen LogP contribution in [0.4, 0.5) is 0 Å². The van der Waals surface area contributed by atoms with E-state index in [0.29, 0.717) is 6.61 Å². The summed E-state index contributed by atoms with van der Waals surface area (Å²) in [5.41, 5.74) is 2.24. The summed E-state index contributed by atoms with van der Waals surface area (Å²) in [7, 11) is 1.50. The summed E-state index contributed by atoms with van der Waals surface area (Å²) >= 11 is 1.81.